The summed E-state index contributed by atoms with van der Waals surface area (Å²) in [5.74, 6) is -0.723. The van der Waals surface area contributed by atoms with E-state index in [1.54, 1.807) is 30.5 Å². The summed E-state index contributed by atoms with van der Waals surface area (Å²) >= 11 is 3.37. The van der Waals surface area contributed by atoms with E-state index >= 15 is 0 Å². The summed E-state index contributed by atoms with van der Waals surface area (Å²) in [4.78, 5) is 24.2. The average molecular weight is 380 g/mol. The molecule has 0 bridgehead atoms. The number of nitrogens with zero attached hydrogens (tertiary/aromatic N) is 1. The number of methoxy groups -OCH3 is 1. The van der Waals surface area contributed by atoms with Crippen molar-refractivity contribution >= 4 is 21.9 Å². The number of aromatic nitrogens is 1. The first-order valence-corrected chi connectivity index (χ1v) is 8.09. The number of rotatable bonds is 6. The van der Waals surface area contributed by atoms with E-state index in [-0.39, 0.29) is 5.56 Å². The highest BCUT2D eigenvalue weighted by Gasteiger charge is 2.20. The molecule has 122 valence electrons. The maximum absolute atomic E-state index is 12.5. The molecule has 23 heavy (non-hydrogen) atoms. The van der Waals surface area contributed by atoms with Crippen LogP contribution in [0.15, 0.2) is 39.7 Å². The number of halogens is 1. The zero-order valence-corrected chi connectivity index (χ0v) is 14.6. The highest BCUT2D eigenvalue weighted by Crippen LogP contribution is 2.33. The number of carbonyl (C=O) groups is 1. The van der Waals surface area contributed by atoms with Crippen LogP contribution in [-0.4, -0.2) is 22.8 Å². The van der Waals surface area contributed by atoms with E-state index in [9.17, 15) is 14.7 Å². The largest absolute Gasteiger partial charge is 0.496 e. The van der Waals surface area contributed by atoms with Crippen LogP contribution in [0.4, 0.5) is 0 Å². The molecular formula is C17H18BrNO4. The highest BCUT2D eigenvalue weighted by molar-refractivity contribution is 9.10. The number of aryl methyl sites for hydroxylation is 1. The molecule has 0 atom stereocenters. The third-order valence-electron chi connectivity index (χ3n) is 3.58. The standard InChI is InChI=1S/C17H18BrNO4/c1-3-4-8-19-9-7-12(15(16(19)20)17(21)22)13-10-11(18)5-6-14(13)23-2/h5-7,9-10H,3-4,8H2,1-2H3,(H,21,22). The van der Waals surface area contributed by atoms with E-state index < -0.39 is 11.5 Å². The van der Waals surface area contributed by atoms with Gasteiger partial charge >= 0.3 is 5.97 Å². The summed E-state index contributed by atoms with van der Waals surface area (Å²) in [6.45, 7) is 2.52. The Hall–Kier alpha value is -2.08. The number of ether oxygens (including phenoxy) is 1. The molecule has 1 heterocycles. The molecule has 2 rings (SSSR count). The fraction of sp³-hybridized carbons (Fsp3) is 0.294. The van der Waals surface area contributed by atoms with Gasteiger partial charge in [-0.1, -0.05) is 29.3 Å². The van der Waals surface area contributed by atoms with Crippen molar-refractivity contribution in [2.75, 3.05) is 7.11 Å². The van der Waals surface area contributed by atoms with Crippen LogP contribution in [0.1, 0.15) is 30.1 Å². The first-order chi connectivity index (χ1) is 11.0. The van der Waals surface area contributed by atoms with Crippen LogP contribution in [0.25, 0.3) is 11.1 Å². The SMILES string of the molecule is CCCCn1ccc(-c2cc(Br)ccc2OC)c(C(=O)O)c1=O. The number of benzene rings is 1. The van der Waals surface area contributed by atoms with Gasteiger partial charge < -0.3 is 14.4 Å². The molecule has 5 nitrogen and oxygen atoms in total. The normalized spacial score (nSPS) is 10.6. The Kier molecular flexibility index (Phi) is 5.60. The van der Waals surface area contributed by atoms with Crippen molar-refractivity contribution in [1.29, 1.82) is 0 Å². The molecule has 2 aromatic rings. The van der Waals surface area contributed by atoms with Crippen molar-refractivity contribution in [3.8, 4) is 16.9 Å². The van der Waals surface area contributed by atoms with E-state index in [1.165, 1.54) is 11.7 Å². The molecule has 0 radical (unpaired) electrons. The fourth-order valence-corrected chi connectivity index (χ4v) is 2.76. The van der Waals surface area contributed by atoms with Gasteiger partial charge in [-0.2, -0.15) is 0 Å². The molecule has 1 aromatic carbocycles. The first-order valence-electron chi connectivity index (χ1n) is 7.30. The van der Waals surface area contributed by atoms with Gasteiger partial charge in [-0.05, 0) is 30.7 Å². The van der Waals surface area contributed by atoms with Gasteiger partial charge in [-0.3, -0.25) is 4.79 Å². The highest BCUT2D eigenvalue weighted by atomic mass is 79.9. The van der Waals surface area contributed by atoms with Crippen molar-refractivity contribution < 1.29 is 14.6 Å². The maximum atomic E-state index is 12.5. The quantitative estimate of drug-likeness (QED) is 0.828. The van der Waals surface area contributed by atoms with Gasteiger partial charge in [0, 0.05) is 28.3 Å². The van der Waals surface area contributed by atoms with E-state index in [0.717, 1.165) is 17.3 Å². The van der Waals surface area contributed by atoms with Crippen LogP contribution in [0.3, 0.4) is 0 Å². The van der Waals surface area contributed by atoms with E-state index in [2.05, 4.69) is 15.9 Å². The maximum Gasteiger partial charge on any atom is 0.341 e. The summed E-state index contributed by atoms with van der Waals surface area (Å²) < 4.78 is 7.52. The van der Waals surface area contributed by atoms with Crippen LogP contribution in [-0.2, 0) is 6.54 Å². The number of unbranched alkanes of at least 4 members (excludes halogenated alkanes) is 1. The summed E-state index contributed by atoms with van der Waals surface area (Å²) in [5.41, 5.74) is 0.192. The lowest BCUT2D eigenvalue weighted by Crippen LogP contribution is -2.27. The van der Waals surface area contributed by atoms with E-state index in [1.807, 2.05) is 6.92 Å². The summed E-state index contributed by atoms with van der Waals surface area (Å²) in [7, 11) is 1.51. The Morgan fingerprint density at radius 2 is 2.04 bits per heavy atom. The molecule has 6 heteroatoms. The van der Waals surface area contributed by atoms with E-state index in [0.29, 0.717) is 23.4 Å². The fourth-order valence-electron chi connectivity index (χ4n) is 2.40. The van der Waals surface area contributed by atoms with Gasteiger partial charge in [-0.15, -0.1) is 0 Å². The molecule has 0 spiro atoms. The molecule has 0 aliphatic heterocycles. The minimum Gasteiger partial charge on any atom is -0.496 e. The number of pyridine rings is 1. The molecule has 0 aliphatic carbocycles. The smallest absolute Gasteiger partial charge is 0.341 e. The second-order valence-electron chi connectivity index (χ2n) is 5.11. The molecule has 0 unspecified atom stereocenters. The second kappa shape index (κ2) is 7.46. The van der Waals surface area contributed by atoms with Crippen molar-refractivity contribution in [2.45, 2.75) is 26.3 Å². The number of carboxylic acids is 1. The van der Waals surface area contributed by atoms with Gasteiger partial charge in [0.1, 0.15) is 11.3 Å². The number of hydrogen-bond acceptors (Lipinski definition) is 3. The lowest BCUT2D eigenvalue weighted by molar-refractivity contribution is 0.0695. The number of carboxylic acid groups (broad SMARTS) is 1. The Bertz CT molecular complexity index is 783. The lowest BCUT2D eigenvalue weighted by Gasteiger charge is -2.13. The molecule has 0 aliphatic rings. The molecular weight excluding hydrogens is 362 g/mol. The second-order valence-corrected chi connectivity index (χ2v) is 6.02. The van der Waals surface area contributed by atoms with Gasteiger partial charge in [0.25, 0.3) is 5.56 Å². The Balaban J connectivity index is 2.68. The van der Waals surface area contributed by atoms with E-state index in [4.69, 9.17) is 4.74 Å². The van der Waals surface area contributed by atoms with Gasteiger partial charge in [-0.25, -0.2) is 4.79 Å². The van der Waals surface area contributed by atoms with Crippen molar-refractivity contribution in [1.82, 2.24) is 4.57 Å². The number of hydrogen-bond donors (Lipinski definition) is 1. The predicted molar refractivity (Wildman–Crippen MR) is 92.3 cm³/mol. The van der Waals surface area contributed by atoms with Crippen molar-refractivity contribution in [2.24, 2.45) is 0 Å². The Morgan fingerprint density at radius 1 is 1.30 bits per heavy atom. The number of aromatic carboxylic acids is 1. The Labute approximate surface area is 142 Å². The Morgan fingerprint density at radius 3 is 2.65 bits per heavy atom. The third kappa shape index (κ3) is 3.64. The zero-order valence-electron chi connectivity index (χ0n) is 13.0. The predicted octanol–water partition coefficient (Wildman–Crippen LogP) is 3.78. The molecule has 0 amide bonds. The monoisotopic (exact) mass is 379 g/mol. The van der Waals surface area contributed by atoms with Gasteiger partial charge in [0.15, 0.2) is 0 Å². The van der Waals surface area contributed by atoms with Crippen molar-refractivity contribution in [3.05, 3.63) is 50.9 Å². The van der Waals surface area contributed by atoms with Crippen LogP contribution in [0.2, 0.25) is 0 Å². The molecule has 1 N–H and O–H groups in total. The lowest BCUT2D eigenvalue weighted by atomic mass is 10.0. The summed E-state index contributed by atoms with van der Waals surface area (Å²) in [6, 6.07) is 6.93. The summed E-state index contributed by atoms with van der Waals surface area (Å²) in [6.07, 6.45) is 3.38. The van der Waals surface area contributed by atoms with Crippen LogP contribution in [0, 0.1) is 0 Å². The minimum absolute atomic E-state index is 0.236. The molecule has 1 aromatic heterocycles. The van der Waals surface area contributed by atoms with Crippen LogP contribution < -0.4 is 10.3 Å². The van der Waals surface area contributed by atoms with Crippen LogP contribution in [0.5, 0.6) is 5.75 Å². The minimum atomic E-state index is -1.24. The van der Waals surface area contributed by atoms with Crippen LogP contribution >= 0.6 is 15.9 Å². The average Bonchev–Trinajstić information content (AvgIpc) is 2.53. The zero-order chi connectivity index (χ0) is 17.0. The first kappa shape index (κ1) is 17.3. The van der Waals surface area contributed by atoms with Gasteiger partial charge in [0.2, 0.25) is 0 Å². The molecule has 0 fully saturated rings. The molecule has 0 saturated heterocycles. The summed E-state index contributed by atoms with van der Waals surface area (Å²) in [5, 5.41) is 9.52. The van der Waals surface area contributed by atoms with Gasteiger partial charge in [0.05, 0.1) is 7.11 Å². The third-order valence-corrected chi connectivity index (χ3v) is 4.08. The van der Waals surface area contributed by atoms with Crippen molar-refractivity contribution in [3.63, 3.8) is 0 Å². The topological polar surface area (TPSA) is 68.5 Å². The molecule has 0 saturated carbocycles.